The highest BCUT2D eigenvalue weighted by atomic mass is 15.2. The zero-order valence-corrected chi connectivity index (χ0v) is 9.76. The number of nitrogens with zero attached hydrogens (tertiary/aromatic N) is 1. The van der Waals surface area contributed by atoms with Gasteiger partial charge >= 0.3 is 0 Å². The third-order valence-corrected chi connectivity index (χ3v) is 1.79. The molecular weight excluding hydrogens is 148 g/mol. The standard InChI is InChI=1S/C9H21N.CH5N/c1-7(2)10(8(3)4)9(5)6;1-2/h7-9H,1-6H3;2H2,1H3. The smallest absolute Gasteiger partial charge is 0.00439 e. The van der Waals surface area contributed by atoms with Gasteiger partial charge in [-0.25, -0.2) is 0 Å². The third-order valence-electron chi connectivity index (χ3n) is 1.79. The van der Waals surface area contributed by atoms with Crippen LogP contribution in [0.25, 0.3) is 0 Å². The Bertz CT molecular complexity index is 68.8. The molecule has 0 aromatic heterocycles. The molecule has 0 bridgehead atoms. The highest BCUT2D eigenvalue weighted by Gasteiger charge is 2.15. The Balaban J connectivity index is 0. The van der Waals surface area contributed by atoms with E-state index in [-0.39, 0.29) is 0 Å². The van der Waals surface area contributed by atoms with Crippen molar-refractivity contribution in [1.29, 1.82) is 0 Å². The second kappa shape index (κ2) is 7.56. The molecule has 0 saturated carbocycles. The van der Waals surface area contributed by atoms with Crippen molar-refractivity contribution >= 4 is 0 Å². The van der Waals surface area contributed by atoms with Crippen molar-refractivity contribution in [3.63, 3.8) is 0 Å². The second-order valence-electron chi connectivity index (χ2n) is 3.73. The van der Waals surface area contributed by atoms with Gasteiger partial charge in [0.1, 0.15) is 0 Å². The molecule has 0 aliphatic carbocycles. The monoisotopic (exact) mass is 174 g/mol. The Morgan fingerprint density at radius 1 is 0.667 bits per heavy atom. The minimum atomic E-state index is 0.667. The van der Waals surface area contributed by atoms with Crippen molar-refractivity contribution in [2.75, 3.05) is 7.05 Å². The van der Waals surface area contributed by atoms with E-state index in [1.807, 2.05) is 0 Å². The van der Waals surface area contributed by atoms with E-state index in [0.717, 1.165) is 0 Å². The lowest BCUT2D eigenvalue weighted by Gasteiger charge is -2.34. The quantitative estimate of drug-likeness (QED) is 0.710. The van der Waals surface area contributed by atoms with Crippen LogP contribution in [-0.2, 0) is 0 Å². The molecule has 0 aliphatic heterocycles. The van der Waals surface area contributed by atoms with Crippen LogP contribution < -0.4 is 5.73 Å². The van der Waals surface area contributed by atoms with Gasteiger partial charge in [0.15, 0.2) is 0 Å². The summed E-state index contributed by atoms with van der Waals surface area (Å²) in [4.78, 5) is 2.50. The highest BCUT2D eigenvalue weighted by Crippen LogP contribution is 2.08. The van der Waals surface area contributed by atoms with Crippen LogP contribution in [0.3, 0.4) is 0 Å². The molecule has 0 rings (SSSR count). The van der Waals surface area contributed by atoms with Crippen molar-refractivity contribution in [2.24, 2.45) is 5.73 Å². The maximum Gasteiger partial charge on any atom is 0.00439 e. The van der Waals surface area contributed by atoms with Crippen molar-refractivity contribution in [3.8, 4) is 0 Å². The summed E-state index contributed by atoms with van der Waals surface area (Å²) in [6.45, 7) is 13.5. The number of hydrogen-bond donors (Lipinski definition) is 1. The molecule has 0 aromatic carbocycles. The van der Waals surface area contributed by atoms with Gasteiger partial charge in [-0.1, -0.05) is 0 Å². The summed E-state index contributed by atoms with van der Waals surface area (Å²) in [5.41, 5.74) is 4.50. The molecule has 0 amide bonds. The van der Waals surface area contributed by atoms with Crippen LogP contribution in [0.2, 0.25) is 0 Å². The largest absolute Gasteiger partial charge is 0.333 e. The van der Waals surface area contributed by atoms with Crippen LogP contribution in [0.15, 0.2) is 0 Å². The Hall–Kier alpha value is -0.0800. The fourth-order valence-corrected chi connectivity index (χ4v) is 1.79. The van der Waals surface area contributed by atoms with E-state index < -0.39 is 0 Å². The number of rotatable bonds is 3. The maximum absolute atomic E-state index is 4.50. The zero-order chi connectivity index (χ0) is 10.3. The van der Waals surface area contributed by atoms with E-state index >= 15 is 0 Å². The first-order chi connectivity index (χ1) is 5.46. The number of nitrogens with two attached hydrogens (primary N) is 1. The molecule has 76 valence electrons. The molecule has 0 atom stereocenters. The van der Waals surface area contributed by atoms with Crippen LogP contribution in [-0.4, -0.2) is 30.1 Å². The Labute approximate surface area is 78.1 Å². The van der Waals surface area contributed by atoms with Gasteiger partial charge in [0.05, 0.1) is 0 Å². The van der Waals surface area contributed by atoms with E-state index in [4.69, 9.17) is 0 Å². The van der Waals surface area contributed by atoms with Crippen LogP contribution in [0, 0.1) is 0 Å². The molecule has 0 aliphatic rings. The van der Waals surface area contributed by atoms with Gasteiger partial charge in [-0.2, -0.15) is 0 Å². The minimum absolute atomic E-state index is 0.667. The molecule has 0 fully saturated rings. The zero-order valence-electron chi connectivity index (χ0n) is 9.76. The normalized spacial score (nSPS) is 11.0. The fraction of sp³-hybridized carbons (Fsp3) is 1.00. The summed E-state index contributed by atoms with van der Waals surface area (Å²) in [5, 5.41) is 0. The molecular formula is C10H26N2. The Morgan fingerprint density at radius 2 is 0.833 bits per heavy atom. The van der Waals surface area contributed by atoms with Gasteiger partial charge in [-0.05, 0) is 48.6 Å². The van der Waals surface area contributed by atoms with E-state index in [9.17, 15) is 0 Å². The lowest BCUT2D eigenvalue weighted by atomic mass is 10.2. The predicted molar refractivity (Wildman–Crippen MR) is 57.4 cm³/mol. The average molecular weight is 174 g/mol. The first kappa shape index (κ1) is 14.4. The van der Waals surface area contributed by atoms with Gasteiger partial charge in [0.25, 0.3) is 0 Å². The van der Waals surface area contributed by atoms with Crippen molar-refractivity contribution in [3.05, 3.63) is 0 Å². The van der Waals surface area contributed by atoms with Crippen LogP contribution in [0.4, 0.5) is 0 Å². The minimum Gasteiger partial charge on any atom is -0.333 e. The first-order valence-electron chi connectivity index (χ1n) is 4.82. The third kappa shape index (κ3) is 5.56. The van der Waals surface area contributed by atoms with E-state index in [2.05, 4.69) is 52.2 Å². The van der Waals surface area contributed by atoms with Crippen LogP contribution in [0.5, 0.6) is 0 Å². The van der Waals surface area contributed by atoms with Gasteiger partial charge in [-0.3, -0.25) is 4.90 Å². The van der Waals surface area contributed by atoms with Crippen LogP contribution in [0.1, 0.15) is 41.5 Å². The Morgan fingerprint density at radius 3 is 0.833 bits per heavy atom. The summed E-state index contributed by atoms with van der Waals surface area (Å²) < 4.78 is 0. The molecule has 2 N–H and O–H groups in total. The summed E-state index contributed by atoms with van der Waals surface area (Å²) in [5.74, 6) is 0. The van der Waals surface area contributed by atoms with Crippen molar-refractivity contribution in [1.82, 2.24) is 4.90 Å². The van der Waals surface area contributed by atoms with Gasteiger partial charge in [-0.15, -0.1) is 0 Å². The topological polar surface area (TPSA) is 29.3 Å². The molecule has 0 aromatic rings. The van der Waals surface area contributed by atoms with E-state index in [1.54, 1.807) is 0 Å². The van der Waals surface area contributed by atoms with Crippen molar-refractivity contribution < 1.29 is 0 Å². The summed E-state index contributed by atoms with van der Waals surface area (Å²) in [6, 6.07) is 2.00. The second-order valence-corrected chi connectivity index (χ2v) is 3.73. The fourth-order valence-electron chi connectivity index (χ4n) is 1.79. The summed E-state index contributed by atoms with van der Waals surface area (Å²) in [6.07, 6.45) is 0. The molecule has 2 heteroatoms. The highest BCUT2D eigenvalue weighted by molar-refractivity contribution is 4.70. The first-order valence-corrected chi connectivity index (χ1v) is 4.82. The molecule has 0 heterocycles. The van der Waals surface area contributed by atoms with E-state index in [0.29, 0.717) is 18.1 Å². The lowest BCUT2D eigenvalue weighted by Crippen LogP contribution is -2.42. The molecule has 0 spiro atoms. The maximum atomic E-state index is 4.50. The van der Waals surface area contributed by atoms with Crippen molar-refractivity contribution in [2.45, 2.75) is 59.7 Å². The Kier molecular flexibility index (Phi) is 9.10. The average Bonchev–Trinajstić information content (AvgIpc) is 1.88. The molecule has 12 heavy (non-hydrogen) atoms. The SMILES string of the molecule is CC(C)N(C(C)C)C(C)C.CN. The molecule has 0 unspecified atom stereocenters. The van der Waals surface area contributed by atoms with Crippen LogP contribution >= 0.6 is 0 Å². The summed E-state index contributed by atoms with van der Waals surface area (Å²) >= 11 is 0. The van der Waals surface area contributed by atoms with Gasteiger partial charge < -0.3 is 5.73 Å². The van der Waals surface area contributed by atoms with Gasteiger partial charge in [0, 0.05) is 18.1 Å². The lowest BCUT2D eigenvalue weighted by molar-refractivity contribution is 0.133. The summed E-state index contributed by atoms with van der Waals surface area (Å²) in [7, 11) is 1.50. The predicted octanol–water partition coefficient (Wildman–Crippen LogP) is 2.09. The molecule has 2 nitrogen and oxygen atoms in total. The van der Waals surface area contributed by atoms with E-state index in [1.165, 1.54) is 7.05 Å². The number of hydrogen-bond acceptors (Lipinski definition) is 2. The van der Waals surface area contributed by atoms with Gasteiger partial charge in [0.2, 0.25) is 0 Å². The molecule has 0 saturated heterocycles. The molecule has 0 radical (unpaired) electrons.